The van der Waals surface area contributed by atoms with E-state index < -0.39 is 32.5 Å². The van der Waals surface area contributed by atoms with Crippen LogP contribution in [0.5, 0.6) is 0 Å². The molecule has 1 saturated heterocycles. The van der Waals surface area contributed by atoms with Crippen LogP contribution in [0, 0.1) is 0 Å². The van der Waals surface area contributed by atoms with Crippen LogP contribution in [0.25, 0.3) is 0 Å². The number of carbonyl (C=O) groups is 2. The molecule has 0 aromatic carbocycles. The molecule has 0 spiro atoms. The fraction of sp³-hybridized carbons (Fsp3) is 0.750. The van der Waals surface area contributed by atoms with E-state index in [0.29, 0.717) is 36.1 Å². The molecular formula is C48H85NO9P+. The molecule has 4 atom stereocenters. The van der Waals surface area contributed by atoms with Crippen LogP contribution >= 0.6 is 7.82 Å². The Balaban J connectivity index is 2.30. The molecule has 0 bridgehead atoms. The van der Waals surface area contributed by atoms with Gasteiger partial charge in [0.15, 0.2) is 6.10 Å². The van der Waals surface area contributed by atoms with Gasteiger partial charge in [-0.2, -0.15) is 0 Å². The minimum absolute atomic E-state index is 0.0178. The van der Waals surface area contributed by atoms with Gasteiger partial charge in [-0.05, 0) is 83.5 Å². The van der Waals surface area contributed by atoms with E-state index in [-0.39, 0.29) is 26.1 Å². The highest BCUT2D eigenvalue weighted by atomic mass is 31.2. The fourth-order valence-electron chi connectivity index (χ4n) is 6.18. The largest absolute Gasteiger partial charge is 0.472 e. The fourth-order valence-corrected chi connectivity index (χ4v) is 6.92. The number of hydrogen-bond donors (Lipinski definition) is 1. The summed E-state index contributed by atoms with van der Waals surface area (Å²) in [7, 11) is 1.43. The highest BCUT2D eigenvalue weighted by Gasteiger charge is 2.36. The number of allylic oxidation sites excluding steroid dienone is 9. The number of phosphoric ester groups is 1. The molecule has 0 radical (unpaired) electrons. The molecule has 0 saturated carbocycles. The summed E-state index contributed by atoms with van der Waals surface area (Å²) in [6, 6.07) is 0. The maximum atomic E-state index is 12.7. The molecular weight excluding hydrogens is 765 g/mol. The number of nitrogens with zero attached hydrogens (tertiary/aromatic N) is 1. The minimum Gasteiger partial charge on any atom is -0.462 e. The number of esters is 2. The molecule has 59 heavy (non-hydrogen) atoms. The Morgan fingerprint density at radius 1 is 0.627 bits per heavy atom. The van der Waals surface area contributed by atoms with Crippen molar-refractivity contribution in [3.05, 3.63) is 60.8 Å². The molecule has 10 nitrogen and oxygen atoms in total. The predicted octanol–water partition coefficient (Wildman–Crippen LogP) is 12.2. The number of carbonyl (C=O) groups excluding carboxylic acids is 2. The first-order chi connectivity index (χ1) is 28.5. The monoisotopic (exact) mass is 851 g/mol. The summed E-state index contributed by atoms with van der Waals surface area (Å²) in [5, 5.41) is 0. The van der Waals surface area contributed by atoms with E-state index >= 15 is 0 Å². The molecule has 3 unspecified atom stereocenters. The Hall–Kier alpha value is -2.33. The van der Waals surface area contributed by atoms with E-state index in [4.69, 9.17) is 23.3 Å². The van der Waals surface area contributed by atoms with Gasteiger partial charge in [0.25, 0.3) is 0 Å². The van der Waals surface area contributed by atoms with Crippen LogP contribution < -0.4 is 0 Å². The highest BCUT2D eigenvalue weighted by molar-refractivity contribution is 7.47. The molecule has 1 heterocycles. The van der Waals surface area contributed by atoms with Gasteiger partial charge in [-0.25, -0.2) is 4.57 Å². The molecule has 0 aromatic heterocycles. The maximum Gasteiger partial charge on any atom is 0.472 e. The number of hydrogen-bond acceptors (Lipinski definition) is 8. The molecule has 1 aliphatic rings. The second kappa shape index (κ2) is 36.3. The number of ether oxygens (including phenoxy) is 3. The van der Waals surface area contributed by atoms with Crippen LogP contribution in [0.1, 0.15) is 168 Å². The number of rotatable bonds is 40. The van der Waals surface area contributed by atoms with Gasteiger partial charge in [-0.1, -0.05) is 132 Å². The van der Waals surface area contributed by atoms with E-state index in [0.717, 1.165) is 83.5 Å². The summed E-state index contributed by atoms with van der Waals surface area (Å²) in [5.74, 6) is -0.862. The molecule has 340 valence electrons. The minimum atomic E-state index is -4.40. The van der Waals surface area contributed by atoms with Gasteiger partial charge in [0.05, 0.1) is 40.0 Å². The Morgan fingerprint density at radius 2 is 1.14 bits per heavy atom. The Bertz CT molecular complexity index is 1260. The zero-order valence-corrected chi connectivity index (χ0v) is 38.8. The SMILES string of the molecule is CCCCC/C=C\C/C=C\C/C=C\C/C=C\CCCCCC(=O)OC[C@H](COP(=O)(O)OCC[N+](C)(C)C)OC(=O)CCCCCCCC1OC1C/C=C\CCCCC. The second-order valence-corrected chi connectivity index (χ2v) is 18.3. The van der Waals surface area contributed by atoms with Crippen LogP contribution in [0.2, 0.25) is 0 Å². The highest BCUT2D eigenvalue weighted by Crippen LogP contribution is 2.43. The van der Waals surface area contributed by atoms with Crippen LogP contribution in [-0.2, 0) is 37.4 Å². The number of phosphoric acid groups is 1. The number of quaternary nitrogens is 1. The first kappa shape index (κ1) is 54.7. The average molecular weight is 851 g/mol. The predicted molar refractivity (Wildman–Crippen MR) is 242 cm³/mol. The van der Waals surface area contributed by atoms with Gasteiger partial charge in [0, 0.05) is 12.8 Å². The Kier molecular flexibility index (Phi) is 33.7. The summed E-state index contributed by atoms with van der Waals surface area (Å²) >= 11 is 0. The van der Waals surface area contributed by atoms with Crippen molar-refractivity contribution in [1.29, 1.82) is 0 Å². The van der Waals surface area contributed by atoms with Gasteiger partial charge >= 0.3 is 19.8 Å². The smallest absolute Gasteiger partial charge is 0.462 e. The van der Waals surface area contributed by atoms with Crippen molar-refractivity contribution in [2.45, 2.75) is 186 Å². The van der Waals surface area contributed by atoms with E-state index in [9.17, 15) is 19.0 Å². The maximum absolute atomic E-state index is 12.7. The third kappa shape index (κ3) is 37.2. The van der Waals surface area contributed by atoms with Gasteiger partial charge < -0.3 is 23.6 Å². The number of epoxide rings is 1. The Labute approximate surface area is 360 Å². The lowest BCUT2D eigenvalue weighted by molar-refractivity contribution is -0.870. The number of unbranched alkanes of at least 4 members (excludes halogenated alkanes) is 13. The van der Waals surface area contributed by atoms with Crippen LogP contribution in [0.3, 0.4) is 0 Å². The van der Waals surface area contributed by atoms with Crippen molar-refractivity contribution in [3.8, 4) is 0 Å². The van der Waals surface area contributed by atoms with E-state index in [1.807, 2.05) is 21.1 Å². The van der Waals surface area contributed by atoms with E-state index in [1.54, 1.807) is 0 Å². The zero-order valence-electron chi connectivity index (χ0n) is 37.9. The van der Waals surface area contributed by atoms with Gasteiger partial charge in [0.1, 0.15) is 19.8 Å². The van der Waals surface area contributed by atoms with Crippen molar-refractivity contribution in [2.24, 2.45) is 0 Å². The lowest BCUT2D eigenvalue weighted by atomic mass is 10.1. The number of likely N-dealkylation sites (N-methyl/N-ethyl adjacent to an activating group) is 1. The van der Waals surface area contributed by atoms with E-state index in [1.165, 1.54) is 44.9 Å². The lowest BCUT2D eigenvalue weighted by Gasteiger charge is -2.24. The van der Waals surface area contributed by atoms with Gasteiger partial charge in [0.2, 0.25) is 0 Å². The molecule has 1 N–H and O–H groups in total. The molecule has 1 aliphatic heterocycles. The standard InChI is InChI=1S/C48H84NO9P/c1-6-8-10-12-14-15-16-17-18-19-20-21-22-23-24-25-26-30-34-38-47(50)54-42-44(43-56-59(52,53)55-41-40-49(3,4)5)57-48(51)39-35-31-27-29-33-37-46-45(58-46)36-32-28-13-11-9-7-2/h14-15,17-18,20-21,23-24,28,32,44-46H,6-13,16,19,22,25-27,29-31,33-43H2,1-5H3/p+1/b15-14-,18-17-,21-20-,24-23-,32-28-/t44-,45?,46?/m1/s1. The van der Waals surface area contributed by atoms with Crippen molar-refractivity contribution < 1.29 is 46.8 Å². The molecule has 11 heteroatoms. The quantitative estimate of drug-likeness (QED) is 0.0160. The summed E-state index contributed by atoms with van der Waals surface area (Å²) in [4.78, 5) is 35.5. The molecule has 0 amide bonds. The van der Waals surface area contributed by atoms with Crippen molar-refractivity contribution in [1.82, 2.24) is 0 Å². The molecule has 0 aliphatic carbocycles. The summed E-state index contributed by atoms with van der Waals surface area (Å²) in [6.07, 6.45) is 45.7. The third-order valence-corrected chi connectivity index (χ3v) is 10.9. The molecule has 1 rings (SSSR count). The third-order valence-electron chi connectivity index (χ3n) is 9.94. The average Bonchev–Trinajstić information content (AvgIpc) is 3.94. The summed E-state index contributed by atoms with van der Waals surface area (Å²) < 4.78 is 40.1. The first-order valence-corrected chi connectivity index (χ1v) is 24.6. The zero-order chi connectivity index (χ0) is 43.3. The van der Waals surface area contributed by atoms with Gasteiger partial charge in [-0.3, -0.25) is 18.6 Å². The first-order valence-electron chi connectivity index (χ1n) is 23.1. The Morgan fingerprint density at radius 3 is 1.73 bits per heavy atom. The van der Waals surface area contributed by atoms with Crippen LogP contribution in [0.4, 0.5) is 0 Å². The summed E-state index contributed by atoms with van der Waals surface area (Å²) in [5.41, 5.74) is 0. The normalized spacial score (nSPS) is 17.5. The van der Waals surface area contributed by atoms with Gasteiger partial charge in [-0.15, -0.1) is 0 Å². The molecule has 1 fully saturated rings. The van der Waals surface area contributed by atoms with Crippen molar-refractivity contribution >= 4 is 19.8 Å². The summed E-state index contributed by atoms with van der Waals surface area (Å²) in [6.45, 7) is 4.29. The van der Waals surface area contributed by atoms with Crippen molar-refractivity contribution in [2.75, 3.05) is 47.5 Å². The molecule has 0 aromatic rings. The van der Waals surface area contributed by atoms with Crippen LogP contribution in [-0.4, -0.2) is 87.1 Å². The topological polar surface area (TPSA) is 121 Å². The van der Waals surface area contributed by atoms with Crippen molar-refractivity contribution in [3.63, 3.8) is 0 Å². The van der Waals surface area contributed by atoms with E-state index in [2.05, 4.69) is 74.6 Å². The lowest BCUT2D eigenvalue weighted by Crippen LogP contribution is -2.37. The van der Waals surface area contributed by atoms with Crippen LogP contribution in [0.15, 0.2) is 60.8 Å². The second-order valence-electron chi connectivity index (χ2n) is 16.8.